The smallest absolute Gasteiger partial charge is 0.266 e. The summed E-state index contributed by atoms with van der Waals surface area (Å²) in [6.45, 7) is 2.48. The van der Waals surface area contributed by atoms with Crippen LogP contribution >= 0.6 is 0 Å². The fourth-order valence-electron chi connectivity index (χ4n) is 1.88. The van der Waals surface area contributed by atoms with Crippen molar-refractivity contribution >= 4 is 10.1 Å². The molecular formula is C15H24O3S. The van der Waals surface area contributed by atoms with Gasteiger partial charge in [-0.3, -0.25) is 4.18 Å². The van der Waals surface area contributed by atoms with Gasteiger partial charge in [-0.2, -0.15) is 8.42 Å². The molecule has 0 radical (unpaired) electrons. The molecule has 108 valence electrons. The van der Waals surface area contributed by atoms with Crippen LogP contribution in [0.3, 0.4) is 0 Å². The van der Waals surface area contributed by atoms with E-state index in [-0.39, 0.29) is 11.5 Å². The van der Waals surface area contributed by atoms with Crippen molar-refractivity contribution in [2.45, 2.75) is 56.8 Å². The average Bonchev–Trinajstić information content (AvgIpc) is 2.43. The van der Waals surface area contributed by atoms with Gasteiger partial charge in [0.15, 0.2) is 0 Å². The van der Waals surface area contributed by atoms with Gasteiger partial charge < -0.3 is 0 Å². The average molecular weight is 284 g/mol. The minimum atomic E-state index is -3.56. The van der Waals surface area contributed by atoms with Crippen LogP contribution in [-0.2, 0) is 14.3 Å². The molecule has 1 rings (SSSR count). The van der Waals surface area contributed by atoms with E-state index in [1.807, 2.05) is 0 Å². The van der Waals surface area contributed by atoms with Crippen molar-refractivity contribution in [1.82, 2.24) is 0 Å². The summed E-state index contributed by atoms with van der Waals surface area (Å²) < 4.78 is 28.6. The van der Waals surface area contributed by atoms with Gasteiger partial charge in [0.1, 0.15) is 0 Å². The molecule has 0 saturated heterocycles. The lowest BCUT2D eigenvalue weighted by Crippen LogP contribution is -2.07. The van der Waals surface area contributed by atoms with E-state index < -0.39 is 10.1 Å². The van der Waals surface area contributed by atoms with Gasteiger partial charge >= 0.3 is 0 Å². The van der Waals surface area contributed by atoms with Gasteiger partial charge in [0.2, 0.25) is 0 Å². The molecule has 0 spiro atoms. The largest absolute Gasteiger partial charge is 0.296 e. The minimum absolute atomic E-state index is 0.234. The van der Waals surface area contributed by atoms with Crippen LogP contribution in [0.15, 0.2) is 35.2 Å². The van der Waals surface area contributed by atoms with E-state index in [4.69, 9.17) is 4.18 Å². The summed E-state index contributed by atoms with van der Waals surface area (Å²) in [5, 5.41) is 0. The first kappa shape index (κ1) is 16.2. The van der Waals surface area contributed by atoms with E-state index in [2.05, 4.69) is 6.92 Å². The minimum Gasteiger partial charge on any atom is -0.266 e. The molecule has 0 saturated carbocycles. The maximum absolute atomic E-state index is 11.8. The van der Waals surface area contributed by atoms with Gasteiger partial charge in [0.25, 0.3) is 10.1 Å². The monoisotopic (exact) mass is 284 g/mol. The van der Waals surface area contributed by atoms with E-state index in [9.17, 15) is 8.42 Å². The fourth-order valence-corrected chi connectivity index (χ4v) is 2.85. The molecule has 3 nitrogen and oxygen atoms in total. The van der Waals surface area contributed by atoms with E-state index in [1.165, 1.54) is 25.7 Å². The third-order valence-electron chi connectivity index (χ3n) is 3.02. The van der Waals surface area contributed by atoms with Crippen molar-refractivity contribution in [1.29, 1.82) is 0 Å². The maximum Gasteiger partial charge on any atom is 0.296 e. The van der Waals surface area contributed by atoms with Crippen LogP contribution in [0.2, 0.25) is 0 Å². The quantitative estimate of drug-likeness (QED) is 0.479. The summed E-state index contributed by atoms with van der Waals surface area (Å²) in [5.74, 6) is 0. The lowest BCUT2D eigenvalue weighted by molar-refractivity contribution is 0.306. The Morgan fingerprint density at radius 1 is 0.895 bits per heavy atom. The molecule has 0 aromatic heterocycles. The molecule has 0 aliphatic carbocycles. The van der Waals surface area contributed by atoms with Crippen LogP contribution in [0, 0.1) is 0 Å². The first-order chi connectivity index (χ1) is 9.17. The van der Waals surface area contributed by atoms with Crippen LogP contribution < -0.4 is 0 Å². The second-order valence-electron chi connectivity index (χ2n) is 4.71. The van der Waals surface area contributed by atoms with Gasteiger partial charge in [-0.15, -0.1) is 0 Å². The summed E-state index contributed by atoms with van der Waals surface area (Å²) >= 11 is 0. The van der Waals surface area contributed by atoms with Gasteiger partial charge in [-0.1, -0.05) is 63.6 Å². The second-order valence-corrected chi connectivity index (χ2v) is 6.33. The molecule has 0 atom stereocenters. The Morgan fingerprint density at radius 2 is 1.47 bits per heavy atom. The molecule has 0 fully saturated rings. The molecule has 4 heteroatoms. The zero-order chi connectivity index (χ0) is 14.0. The Morgan fingerprint density at radius 3 is 2.11 bits per heavy atom. The molecule has 1 aromatic rings. The van der Waals surface area contributed by atoms with Crippen molar-refractivity contribution in [3.8, 4) is 0 Å². The first-order valence-corrected chi connectivity index (χ1v) is 8.52. The highest BCUT2D eigenvalue weighted by atomic mass is 32.2. The normalized spacial score (nSPS) is 11.6. The first-order valence-electron chi connectivity index (χ1n) is 7.11. The van der Waals surface area contributed by atoms with Crippen molar-refractivity contribution < 1.29 is 12.6 Å². The Labute approximate surface area is 117 Å². The lowest BCUT2D eigenvalue weighted by atomic mass is 10.1. The van der Waals surface area contributed by atoms with Crippen LogP contribution in [0.25, 0.3) is 0 Å². The molecule has 0 aliphatic rings. The summed E-state index contributed by atoms with van der Waals surface area (Å²) in [4.78, 5) is 0.234. The molecule has 0 aliphatic heterocycles. The van der Waals surface area contributed by atoms with E-state index in [1.54, 1.807) is 30.3 Å². The Bertz CT molecular complexity index is 426. The van der Waals surface area contributed by atoms with Gasteiger partial charge in [0.05, 0.1) is 11.5 Å². The van der Waals surface area contributed by atoms with Crippen molar-refractivity contribution in [3.63, 3.8) is 0 Å². The van der Waals surface area contributed by atoms with Gasteiger partial charge in [-0.25, -0.2) is 0 Å². The predicted molar refractivity (Wildman–Crippen MR) is 77.6 cm³/mol. The molecule has 0 amide bonds. The van der Waals surface area contributed by atoms with Crippen LogP contribution in [0.4, 0.5) is 0 Å². The second kappa shape index (κ2) is 9.10. The maximum atomic E-state index is 11.8. The molecule has 0 N–H and O–H groups in total. The predicted octanol–water partition coefficient (Wildman–Crippen LogP) is 4.14. The van der Waals surface area contributed by atoms with Gasteiger partial charge in [0, 0.05) is 0 Å². The topological polar surface area (TPSA) is 43.4 Å². The Balaban J connectivity index is 2.15. The fraction of sp³-hybridized carbons (Fsp3) is 0.600. The zero-order valence-electron chi connectivity index (χ0n) is 11.7. The number of rotatable bonds is 10. The molecule has 1 aromatic carbocycles. The summed E-state index contributed by atoms with van der Waals surface area (Å²) in [7, 11) is -3.56. The van der Waals surface area contributed by atoms with Crippen molar-refractivity contribution in [3.05, 3.63) is 30.3 Å². The van der Waals surface area contributed by atoms with Crippen LogP contribution in [0.1, 0.15) is 51.9 Å². The zero-order valence-corrected chi connectivity index (χ0v) is 12.5. The summed E-state index contributed by atoms with van der Waals surface area (Å²) in [5.41, 5.74) is 0. The van der Waals surface area contributed by atoms with E-state index >= 15 is 0 Å². The molecule has 0 bridgehead atoms. The standard InChI is InChI=1S/C15H24O3S/c1-2-3-4-5-6-7-11-14-18-19(16,17)15-12-9-8-10-13-15/h8-10,12-13H,2-7,11,14H2,1H3. The molecule has 0 heterocycles. The molecule has 19 heavy (non-hydrogen) atoms. The highest BCUT2D eigenvalue weighted by Gasteiger charge is 2.13. The van der Waals surface area contributed by atoms with E-state index in [0.29, 0.717) is 0 Å². The SMILES string of the molecule is CCCCCCCCCOS(=O)(=O)c1ccccc1. The number of hydrogen-bond acceptors (Lipinski definition) is 3. The Kier molecular flexibility index (Phi) is 7.75. The van der Waals surface area contributed by atoms with Crippen LogP contribution in [-0.4, -0.2) is 15.0 Å². The van der Waals surface area contributed by atoms with Gasteiger partial charge in [-0.05, 0) is 18.6 Å². The molecular weight excluding hydrogens is 260 g/mol. The summed E-state index contributed by atoms with van der Waals surface area (Å²) in [6.07, 6.45) is 8.05. The highest BCUT2D eigenvalue weighted by molar-refractivity contribution is 7.86. The van der Waals surface area contributed by atoms with Crippen molar-refractivity contribution in [2.75, 3.05) is 6.61 Å². The lowest BCUT2D eigenvalue weighted by Gasteiger charge is -2.05. The molecule has 0 unspecified atom stereocenters. The highest BCUT2D eigenvalue weighted by Crippen LogP contribution is 2.13. The third-order valence-corrected chi connectivity index (χ3v) is 4.34. The summed E-state index contributed by atoms with van der Waals surface area (Å²) in [6, 6.07) is 8.30. The van der Waals surface area contributed by atoms with Crippen LogP contribution in [0.5, 0.6) is 0 Å². The third kappa shape index (κ3) is 6.73. The Hall–Kier alpha value is -0.870. The number of hydrogen-bond donors (Lipinski definition) is 0. The van der Waals surface area contributed by atoms with E-state index in [0.717, 1.165) is 19.3 Å². The number of unbranched alkanes of at least 4 members (excludes halogenated alkanes) is 6. The number of benzene rings is 1. The van der Waals surface area contributed by atoms with Crippen molar-refractivity contribution in [2.24, 2.45) is 0 Å².